The molecule has 8 heteroatoms. The van der Waals surface area contributed by atoms with Crippen molar-refractivity contribution in [1.82, 2.24) is 5.32 Å². The van der Waals surface area contributed by atoms with E-state index in [0.29, 0.717) is 27.3 Å². The monoisotopic (exact) mass is 420 g/mol. The summed E-state index contributed by atoms with van der Waals surface area (Å²) in [6.45, 7) is 1.69. The summed E-state index contributed by atoms with van der Waals surface area (Å²) < 4.78 is 5.73. The van der Waals surface area contributed by atoms with Crippen LogP contribution in [-0.2, 0) is 16.2 Å². The number of carbonyl (C=O) groups excluding carboxylic acids is 2. The summed E-state index contributed by atoms with van der Waals surface area (Å²) in [5, 5.41) is 3.83. The molecular weight excluding hydrogens is 407 g/mol. The number of aliphatic imine (C=N–C) groups is 1. The highest BCUT2D eigenvalue weighted by molar-refractivity contribution is 8.18. The molecule has 2 aromatic rings. The Morgan fingerprint density at radius 1 is 1.26 bits per heavy atom. The Morgan fingerprint density at radius 2 is 2.07 bits per heavy atom. The molecule has 1 aliphatic heterocycles. The Balaban J connectivity index is 1.68. The van der Waals surface area contributed by atoms with Crippen LogP contribution in [0, 0.1) is 0 Å². The van der Waals surface area contributed by atoms with Crippen molar-refractivity contribution in [3.8, 4) is 5.75 Å². The molecule has 27 heavy (non-hydrogen) atoms. The number of halogens is 2. The fourth-order valence-electron chi connectivity index (χ4n) is 2.28. The number of carbonyl (C=O) groups is 2. The zero-order valence-electron chi connectivity index (χ0n) is 14.2. The first-order valence-electron chi connectivity index (χ1n) is 7.87. The Labute approximate surface area is 170 Å². The van der Waals surface area contributed by atoms with Crippen LogP contribution < -0.4 is 10.1 Å². The van der Waals surface area contributed by atoms with Gasteiger partial charge in [-0.25, -0.2) is 0 Å². The van der Waals surface area contributed by atoms with Gasteiger partial charge in [0.2, 0.25) is 5.91 Å². The fraction of sp³-hybridized carbons (Fsp3) is 0.105. The average Bonchev–Trinajstić information content (AvgIpc) is 2.92. The molecule has 0 atom stereocenters. The Morgan fingerprint density at radius 3 is 2.78 bits per heavy atom. The lowest BCUT2D eigenvalue weighted by Gasteiger charge is -2.09. The molecular formula is C19H14Cl2N2O3S. The molecule has 0 saturated heterocycles. The molecule has 1 heterocycles. The van der Waals surface area contributed by atoms with E-state index in [2.05, 4.69) is 10.3 Å². The van der Waals surface area contributed by atoms with Crippen molar-refractivity contribution in [3.63, 3.8) is 0 Å². The van der Waals surface area contributed by atoms with Gasteiger partial charge < -0.3 is 10.1 Å². The lowest BCUT2D eigenvalue weighted by molar-refractivity contribution is -0.117. The smallest absolute Gasteiger partial charge is 0.286 e. The molecule has 0 spiro atoms. The number of rotatable bonds is 4. The number of amides is 2. The van der Waals surface area contributed by atoms with Crippen molar-refractivity contribution >= 4 is 58.0 Å². The van der Waals surface area contributed by atoms with Crippen molar-refractivity contribution in [2.75, 3.05) is 0 Å². The SMILES string of the molecule is CC(=O)NC1=NC(=O)/C(=C\c2ccc(OCc3cccc(Cl)c3)c(Cl)c2)S1. The maximum atomic E-state index is 11.9. The Hall–Kier alpha value is -2.28. The molecule has 2 aromatic carbocycles. The largest absolute Gasteiger partial charge is 0.487 e. The average molecular weight is 421 g/mol. The number of hydrogen-bond acceptors (Lipinski definition) is 4. The van der Waals surface area contributed by atoms with Gasteiger partial charge >= 0.3 is 0 Å². The lowest BCUT2D eigenvalue weighted by atomic mass is 10.2. The van der Waals surface area contributed by atoms with Crippen LogP contribution in [0.15, 0.2) is 52.4 Å². The Kier molecular flexibility index (Phi) is 6.21. The van der Waals surface area contributed by atoms with E-state index in [-0.39, 0.29) is 11.1 Å². The summed E-state index contributed by atoms with van der Waals surface area (Å²) in [7, 11) is 0. The zero-order valence-corrected chi connectivity index (χ0v) is 16.5. The number of thioether (sulfide) groups is 1. The van der Waals surface area contributed by atoms with Crippen LogP contribution in [0.4, 0.5) is 0 Å². The van der Waals surface area contributed by atoms with E-state index in [9.17, 15) is 9.59 Å². The molecule has 2 amide bonds. The van der Waals surface area contributed by atoms with Gasteiger partial charge in [-0.3, -0.25) is 9.59 Å². The summed E-state index contributed by atoms with van der Waals surface area (Å²) in [5.74, 6) is -0.153. The molecule has 1 N–H and O–H groups in total. The third kappa shape index (κ3) is 5.35. The van der Waals surface area contributed by atoms with E-state index < -0.39 is 5.91 Å². The summed E-state index contributed by atoms with van der Waals surface area (Å²) in [6.07, 6.45) is 1.66. The lowest BCUT2D eigenvalue weighted by Crippen LogP contribution is -2.23. The van der Waals surface area contributed by atoms with Crippen molar-refractivity contribution < 1.29 is 14.3 Å². The first-order chi connectivity index (χ1) is 12.9. The minimum absolute atomic E-state index is 0.270. The van der Waals surface area contributed by atoms with Gasteiger partial charge in [-0.2, -0.15) is 4.99 Å². The topological polar surface area (TPSA) is 67.8 Å². The molecule has 0 bridgehead atoms. The molecule has 0 aliphatic carbocycles. The van der Waals surface area contributed by atoms with Crippen molar-refractivity contribution in [2.24, 2.45) is 4.99 Å². The molecule has 1 aliphatic rings. The predicted molar refractivity (Wildman–Crippen MR) is 109 cm³/mol. The van der Waals surface area contributed by atoms with Crippen LogP contribution in [0.25, 0.3) is 6.08 Å². The van der Waals surface area contributed by atoms with Crippen molar-refractivity contribution in [2.45, 2.75) is 13.5 Å². The van der Waals surface area contributed by atoms with Gasteiger partial charge in [0.05, 0.1) is 9.93 Å². The van der Waals surface area contributed by atoms with E-state index in [4.69, 9.17) is 27.9 Å². The minimum atomic E-state index is -0.402. The molecule has 0 unspecified atom stereocenters. The number of benzene rings is 2. The van der Waals surface area contributed by atoms with Crippen LogP contribution in [-0.4, -0.2) is 17.0 Å². The van der Waals surface area contributed by atoms with E-state index in [1.165, 1.54) is 6.92 Å². The van der Waals surface area contributed by atoms with Crippen LogP contribution >= 0.6 is 35.0 Å². The second-order valence-electron chi connectivity index (χ2n) is 5.62. The van der Waals surface area contributed by atoms with Gasteiger partial charge in [-0.1, -0.05) is 41.4 Å². The third-order valence-electron chi connectivity index (χ3n) is 3.44. The maximum absolute atomic E-state index is 11.9. The maximum Gasteiger partial charge on any atom is 0.286 e. The highest BCUT2D eigenvalue weighted by atomic mass is 35.5. The van der Waals surface area contributed by atoms with Crippen LogP contribution in [0.1, 0.15) is 18.1 Å². The van der Waals surface area contributed by atoms with E-state index in [1.54, 1.807) is 30.3 Å². The molecule has 0 saturated carbocycles. The Bertz CT molecular complexity index is 973. The van der Waals surface area contributed by atoms with E-state index in [1.807, 2.05) is 18.2 Å². The van der Waals surface area contributed by atoms with Gasteiger partial charge in [0.1, 0.15) is 12.4 Å². The van der Waals surface area contributed by atoms with Crippen LogP contribution in [0.3, 0.4) is 0 Å². The summed E-state index contributed by atoms with van der Waals surface area (Å²) in [5.41, 5.74) is 1.66. The van der Waals surface area contributed by atoms with E-state index in [0.717, 1.165) is 22.9 Å². The summed E-state index contributed by atoms with van der Waals surface area (Å²) in [4.78, 5) is 27.2. The first kappa shape index (κ1) is 19.5. The molecule has 0 radical (unpaired) electrons. The zero-order chi connectivity index (χ0) is 19.4. The summed E-state index contributed by atoms with van der Waals surface area (Å²) in [6, 6.07) is 12.6. The number of nitrogens with zero attached hydrogens (tertiary/aromatic N) is 1. The second kappa shape index (κ2) is 8.61. The van der Waals surface area contributed by atoms with E-state index >= 15 is 0 Å². The fourth-order valence-corrected chi connectivity index (χ4v) is 3.59. The molecule has 3 rings (SSSR count). The van der Waals surface area contributed by atoms with Crippen LogP contribution in [0.5, 0.6) is 5.75 Å². The number of ether oxygens (including phenoxy) is 1. The number of hydrogen-bond donors (Lipinski definition) is 1. The quantitative estimate of drug-likeness (QED) is 0.729. The highest BCUT2D eigenvalue weighted by Crippen LogP contribution is 2.31. The molecule has 5 nitrogen and oxygen atoms in total. The molecule has 0 fully saturated rings. The first-order valence-corrected chi connectivity index (χ1v) is 9.45. The minimum Gasteiger partial charge on any atom is -0.487 e. The van der Waals surface area contributed by atoms with Gasteiger partial charge in [-0.15, -0.1) is 0 Å². The van der Waals surface area contributed by atoms with Gasteiger partial charge in [-0.05, 0) is 53.2 Å². The molecule has 138 valence electrons. The number of amidine groups is 1. The van der Waals surface area contributed by atoms with Gasteiger partial charge in [0.25, 0.3) is 5.91 Å². The van der Waals surface area contributed by atoms with Gasteiger partial charge in [0.15, 0.2) is 5.17 Å². The normalized spacial score (nSPS) is 15.0. The van der Waals surface area contributed by atoms with Gasteiger partial charge in [0, 0.05) is 11.9 Å². The number of nitrogens with one attached hydrogen (secondary N) is 1. The predicted octanol–water partition coefficient (Wildman–Crippen LogP) is 4.68. The second-order valence-corrected chi connectivity index (χ2v) is 7.50. The third-order valence-corrected chi connectivity index (χ3v) is 4.87. The molecule has 0 aromatic heterocycles. The standard InChI is InChI=1S/C19H14Cl2N2O3S/c1-11(24)22-19-23-18(25)17(27-19)9-12-5-6-16(15(21)8-12)26-10-13-3-2-4-14(20)7-13/h2-9H,10H2,1H3,(H,22,23,24,25)/b17-9+. The van der Waals surface area contributed by atoms with Crippen molar-refractivity contribution in [3.05, 3.63) is 68.5 Å². The summed E-state index contributed by atoms with van der Waals surface area (Å²) >= 11 is 13.4. The van der Waals surface area contributed by atoms with Crippen molar-refractivity contribution in [1.29, 1.82) is 0 Å². The van der Waals surface area contributed by atoms with Crippen LogP contribution in [0.2, 0.25) is 10.0 Å². The highest BCUT2D eigenvalue weighted by Gasteiger charge is 2.22.